The first kappa shape index (κ1) is 19.2. The Kier molecular flexibility index (Phi) is 5.82. The number of rotatable bonds is 6. The minimum Gasteiger partial charge on any atom is -0.482 e. The van der Waals surface area contributed by atoms with Crippen molar-refractivity contribution in [3.63, 3.8) is 0 Å². The van der Waals surface area contributed by atoms with E-state index >= 15 is 0 Å². The number of alkyl halides is 3. The predicted octanol–water partition coefficient (Wildman–Crippen LogP) is 4.37. The van der Waals surface area contributed by atoms with Crippen LogP contribution in [-0.4, -0.2) is 23.5 Å². The highest BCUT2D eigenvalue weighted by molar-refractivity contribution is 6.06. The van der Waals surface area contributed by atoms with Gasteiger partial charge in [-0.2, -0.15) is 13.2 Å². The molecule has 0 amide bonds. The van der Waals surface area contributed by atoms with Crippen molar-refractivity contribution in [1.82, 2.24) is 0 Å². The molecule has 2 aromatic carbocycles. The number of aliphatic carboxylic acids is 1. The maximum absolute atomic E-state index is 12.5. The fourth-order valence-corrected chi connectivity index (χ4v) is 2.17. The Morgan fingerprint density at radius 2 is 1.77 bits per heavy atom. The van der Waals surface area contributed by atoms with Crippen molar-refractivity contribution in [2.45, 2.75) is 13.1 Å². The Hall–Kier alpha value is -3.09. The Morgan fingerprint density at radius 1 is 1.12 bits per heavy atom. The summed E-state index contributed by atoms with van der Waals surface area (Å²) in [5, 5.41) is 8.60. The molecular formula is C19H15F3O4. The SMILES string of the molecule is Cc1cc(C=CC(=O)c2ccc(C(F)(F)F)cc2)ccc1OCC(=O)O. The summed E-state index contributed by atoms with van der Waals surface area (Å²) < 4.78 is 42.7. The number of halogens is 3. The third-order valence-corrected chi connectivity index (χ3v) is 3.47. The molecule has 136 valence electrons. The largest absolute Gasteiger partial charge is 0.482 e. The van der Waals surface area contributed by atoms with Crippen LogP contribution in [-0.2, 0) is 11.0 Å². The van der Waals surface area contributed by atoms with Gasteiger partial charge in [0.25, 0.3) is 0 Å². The van der Waals surface area contributed by atoms with E-state index in [0.29, 0.717) is 16.9 Å². The molecule has 0 saturated carbocycles. The van der Waals surface area contributed by atoms with Crippen LogP contribution in [0, 0.1) is 6.92 Å². The van der Waals surface area contributed by atoms with E-state index < -0.39 is 30.1 Å². The average molecular weight is 364 g/mol. The zero-order chi connectivity index (χ0) is 19.3. The molecule has 7 heteroatoms. The molecular weight excluding hydrogens is 349 g/mol. The van der Waals surface area contributed by atoms with Gasteiger partial charge in [0.05, 0.1) is 5.56 Å². The minimum atomic E-state index is -4.45. The van der Waals surface area contributed by atoms with E-state index in [1.807, 2.05) is 0 Å². The highest BCUT2D eigenvalue weighted by Gasteiger charge is 2.30. The molecule has 0 spiro atoms. The van der Waals surface area contributed by atoms with Gasteiger partial charge in [0, 0.05) is 5.56 Å². The van der Waals surface area contributed by atoms with Gasteiger partial charge in [-0.3, -0.25) is 4.79 Å². The normalized spacial score (nSPS) is 11.5. The lowest BCUT2D eigenvalue weighted by molar-refractivity contribution is -0.139. The van der Waals surface area contributed by atoms with E-state index in [-0.39, 0.29) is 5.56 Å². The molecule has 0 bridgehead atoms. The topological polar surface area (TPSA) is 63.6 Å². The summed E-state index contributed by atoms with van der Waals surface area (Å²) in [6.07, 6.45) is -1.66. The Labute approximate surface area is 147 Å². The first-order valence-corrected chi connectivity index (χ1v) is 7.52. The van der Waals surface area contributed by atoms with Crippen LogP contribution >= 0.6 is 0 Å². The van der Waals surface area contributed by atoms with Gasteiger partial charge in [-0.25, -0.2) is 4.79 Å². The Balaban J connectivity index is 2.08. The van der Waals surface area contributed by atoms with E-state index in [1.165, 1.54) is 12.2 Å². The molecule has 26 heavy (non-hydrogen) atoms. The first-order chi connectivity index (χ1) is 12.2. The fourth-order valence-electron chi connectivity index (χ4n) is 2.17. The molecule has 0 unspecified atom stereocenters. The van der Waals surface area contributed by atoms with Crippen LogP contribution in [0.1, 0.15) is 27.0 Å². The van der Waals surface area contributed by atoms with Gasteiger partial charge in [0.2, 0.25) is 0 Å². The molecule has 4 nitrogen and oxygen atoms in total. The number of aryl methyl sites for hydroxylation is 1. The van der Waals surface area contributed by atoms with Gasteiger partial charge >= 0.3 is 12.1 Å². The van der Waals surface area contributed by atoms with Gasteiger partial charge in [-0.05, 0) is 48.4 Å². The molecule has 0 heterocycles. The van der Waals surface area contributed by atoms with E-state index in [0.717, 1.165) is 24.3 Å². The van der Waals surface area contributed by atoms with Crippen LogP contribution in [0.3, 0.4) is 0 Å². The number of carbonyl (C=O) groups excluding carboxylic acids is 1. The number of carboxylic acids is 1. The monoisotopic (exact) mass is 364 g/mol. The third kappa shape index (κ3) is 5.20. The number of allylic oxidation sites excluding steroid dienone is 1. The molecule has 0 saturated heterocycles. The average Bonchev–Trinajstić information content (AvgIpc) is 2.58. The highest BCUT2D eigenvalue weighted by atomic mass is 19.4. The van der Waals surface area contributed by atoms with Crippen molar-refractivity contribution in [3.05, 3.63) is 70.8 Å². The van der Waals surface area contributed by atoms with Crippen molar-refractivity contribution in [3.8, 4) is 5.75 Å². The van der Waals surface area contributed by atoms with E-state index in [1.54, 1.807) is 25.1 Å². The molecule has 0 radical (unpaired) electrons. The van der Waals surface area contributed by atoms with Gasteiger partial charge in [-0.15, -0.1) is 0 Å². The summed E-state index contributed by atoms with van der Waals surface area (Å²) in [5.74, 6) is -1.10. The summed E-state index contributed by atoms with van der Waals surface area (Å²) in [7, 11) is 0. The number of benzene rings is 2. The van der Waals surface area contributed by atoms with E-state index in [2.05, 4.69) is 0 Å². The summed E-state index contributed by atoms with van der Waals surface area (Å²) >= 11 is 0. The Morgan fingerprint density at radius 3 is 2.31 bits per heavy atom. The lowest BCUT2D eigenvalue weighted by Gasteiger charge is -2.07. The van der Waals surface area contributed by atoms with Gasteiger partial charge in [-0.1, -0.05) is 24.3 Å². The van der Waals surface area contributed by atoms with Crippen LogP contribution in [0.25, 0.3) is 6.08 Å². The van der Waals surface area contributed by atoms with Crippen molar-refractivity contribution >= 4 is 17.8 Å². The standard InChI is InChI=1S/C19H15F3O4/c1-12-10-13(3-9-17(12)26-11-18(24)25)2-8-16(23)14-4-6-15(7-5-14)19(20,21)22/h2-10H,11H2,1H3,(H,24,25). The second kappa shape index (κ2) is 7.86. The zero-order valence-electron chi connectivity index (χ0n) is 13.7. The Bertz CT molecular complexity index is 837. The quantitative estimate of drug-likeness (QED) is 0.611. The smallest absolute Gasteiger partial charge is 0.416 e. The lowest BCUT2D eigenvalue weighted by Crippen LogP contribution is -2.10. The number of ether oxygens (including phenoxy) is 1. The summed E-state index contributed by atoms with van der Waals surface area (Å²) in [5.41, 5.74) is 0.693. The van der Waals surface area contributed by atoms with Gasteiger partial charge < -0.3 is 9.84 Å². The molecule has 1 N–H and O–H groups in total. The minimum absolute atomic E-state index is 0.146. The lowest BCUT2D eigenvalue weighted by atomic mass is 10.1. The van der Waals surface area contributed by atoms with Gasteiger partial charge in [0.1, 0.15) is 5.75 Å². The highest BCUT2D eigenvalue weighted by Crippen LogP contribution is 2.29. The zero-order valence-corrected chi connectivity index (χ0v) is 13.7. The number of carbonyl (C=O) groups is 2. The van der Waals surface area contributed by atoms with Crippen LogP contribution in [0.15, 0.2) is 48.5 Å². The molecule has 0 aliphatic heterocycles. The molecule has 0 aliphatic carbocycles. The van der Waals surface area contributed by atoms with Crippen molar-refractivity contribution < 1.29 is 32.6 Å². The first-order valence-electron chi connectivity index (χ1n) is 7.52. The molecule has 2 rings (SSSR count). The predicted molar refractivity (Wildman–Crippen MR) is 89.1 cm³/mol. The van der Waals surface area contributed by atoms with Crippen LogP contribution in [0.2, 0.25) is 0 Å². The maximum Gasteiger partial charge on any atom is 0.416 e. The van der Waals surface area contributed by atoms with Crippen molar-refractivity contribution in [1.29, 1.82) is 0 Å². The molecule has 0 aliphatic rings. The van der Waals surface area contributed by atoms with Crippen LogP contribution in [0.4, 0.5) is 13.2 Å². The van der Waals surface area contributed by atoms with E-state index in [9.17, 15) is 22.8 Å². The molecule has 0 fully saturated rings. The van der Waals surface area contributed by atoms with Gasteiger partial charge in [0.15, 0.2) is 12.4 Å². The van der Waals surface area contributed by atoms with Crippen LogP contribution in [0.5, 0.6) is 5.75 Å². The van der Waals surface area contributed by atoms with E-state index in [4.69, 9.17) is 9.84 Å². The second-order valence-electron chi connectivity index (χ2n) is 5.48. The van der Waals surface area contributed by atoms with Crippen LogP contribution < -0.4 is 4.74 Å². The fraction of sp³-hybridized carbons (Fsp3) is 0.158. The number of hydrogen-bond acceptors (Lipinski definition) is 3. The molecule has 0 aromatic heterocycles. The maximum atomic E-state index is 12.5. The van der Waals surface area contributed by atoms with Crippen molar-refractivity contribution in [2.75, 3.05) is 6.61 Å². The van der Waals surface area contributed by atoms with Crippen molar-refractivity contribution in [2.24, 2.45) is 0 Å². The summed E-state index contributed by atoms with van der Waals surface area (Å²) in [6.45, 7) is 1.27. The number of ketones is 1. The third-order valence-electron chi connectivity index (χ3n) is 3.47. The summed E-state index contributed by atoms with van der Waals surface area (Å²) in [4.78, 5) is 22.6. The number of carboxylic acid groups (broad SMARTS) is 1. The molecule has 0 atom stereocenters. The number of hydrogen-bond donors (Lipinski definition) is 1. The molecule has 2 aromatic rings. The summed E-state index contributed by atoms with van der Waals surface area (Å²) in [6, 6.07) is 8.90. The second-order valence-corrected chi connectivity index (χ2v) is 5.48.